The summed E-state index contributed by atoms with van der Waals surface area (Å²) in [7, 11) is 0. The Morgan fingerprint density at radius 1 is 1.29 bits per heavy atom. The highest BCUT2D eigenvalue weighted by molar-refractivity contribution is 5.93. The zero-order valence-corrected chi connectivity index (χ0v) is 13.0. The molecule has 2 fully saturated rings. The third kappa shape index (κ3) is 2.27. The molecule has 1 aromatic heterocycles. The van der Waals surface area contributed by atoms with Gasteiger partial charge in [-0.1, -0.05) is 0 Å². The van der Waals surface area contributed by atoms with Crippen molar-refractivity contribution in [3.8, 4) is 0 Å². The first-order valence-electron chi connectivity index (χ1n) is 8.08. The van der Waals surface area contributed by atoms with E-state index in [-0.39, 0.29) is 28.6 Å². The number of benzene rings is 1. The van der Waals surface area contributed by atoms with Crippen LogP contribution in [0.4, 0.5) is 10.1 Å². The second kappa shape index (κ2) is 5.31. The van der Waals surface area contributed by atoms with E-state index < -0.39 is 17.2 Å². The number of anilines is 1. The average Bonchev–Trinajstić information content (AvgIpc) is 3.29. The molecular weight excluding hydrogens is 313 g/mol. The molecule has 2 aliphatic rings. The predicted octanol–water partition coefficient (Wildman–Crippen LogP) is 1.71. The average molecular weight is 331 g/mol. The Morgan fingerprint density at radius 3 is 2.62 bits per heavy atom. The molecule has 1 aliphatic carbocycles. The number of carboxylic acid groups (broad SMARTS) is 1. The number of rotatable bonds is 3. The second-order valence-corrected chi connectivity index (χ2v) is 6.61. The van der Waals surface area contributed by atoms with E-state index in [2.05, 4.69) is 0 Å². The Morgan fingerprint density at radius 2 is 2.04 bits per heavy atom. The highest BCUT2D eigenvalue weighted by Gasteiger charge is 2.30. The van der Waals surface area contributed by atoms with Gasteiger partial charge in [0.25, 0.3) is 0 Å². The van der Waals surface area contributed by atoms with Gasteiger partial charge in [-0.2, -0.15) is 0 Å². The molecule has 2 heterocycles. The minimum absolute atomic E-state index is 0.0140. The lowest BCUT2D eigenvalue weighted by Gasteiger charge is -2.21. The van der Waals surface area contributed by atoms with Crippen LogP contribution in [0.25, 0.3) is 10.9 Å². The number of hydrogen-bond donors (Lipinski definition) is 2. The van der Waals surface area contributed by atoms with E-state index in [0.29, 0.717) is 18.8 Å². The van der Waals surface area contributed by atoms with Gasteiger partial charge in [-0.15, -0.1) is 0 Å². The standard InChI is InChI=1S/C17H18FN3O3/c18-14-13(20-6-5-9(19)7-20)4-3-11-15(14)21(10-1-2-10)8-12(16(11)22)17(23)24/h3-4,8-10H,1-2,5-7,19H2,(H,23,24). The number of pyridine rings is 1. The summed E-state index contributed by atoms with van der Waals surface area (Å²) in [5, 5.41) is 9.37. The molecule has 1 aliphatic heterocycles. The Kier molecular flexibility index (Phi) is 3.35. The number of nitrogens with two attached hydrogens (primary N) is 1. The summed E-state index contributed by atoms with van der Waals surface area (Å²) in [4.78, 5) is 25.6. The van der Waals surface area contributed by atoms with Crippen molar-refractivity contribution >= 4 is 22.6 Å². The molecule has 3 N–H and O–H groups in total. The van der Waals surface area contributed by atoms with Gasteiger partial charge >= 0.3 is 5.97 Å². The van der Waals surface area contributed by atoms with E-state index in [9.17, 15) is 14.7 Å². The van der Waals surface area contributed by atoms with E-state index in [1.165, 1.54) is 12.3 Å². The lowest BCUT2D eigenvalue weighted by atomic mass is 10.1. The van der Waals surface area contributed by atoms with Crippen LogP contribution in [-0.2, 0) is 0 Å². The molecule has 7 heteroatoms. The fraction of sp³-hybridized carbons (Fsp3) is 0.412. The molecule has 0 spiro atoms. The lowest BCUT2D eigenvalue weighted by Crippen LogP contribution is -2.27. The van der Waals surface area contributed by atoms with E-state index in [1.54, 1.807) is 10.6 Å². The summed E-state index contributed by atoms with van der Waals surface area (Å²) in [6, 6.07) is 3.16. The monoisotopic (exact) mass is 331 g/mol. The molecule has 1 aromatic carbocycles. The Labute approximate surface area is 137 Å². The molecule has 1 saturated heterocycles. The zero-order chi connectivity index (χ0) is 17.0. The van der Waals surface area contributed by atoms with Gasteiger partial charge in [0.15, 0.2) is 5.82 Å². The normalized spacial score (nSPS) is 20.8. The van der Waals surface area contributed by atoms with Crippen molar-refractivity contribution in [2.75, 3.05) is 18.0 Å². The van der Waals surface area contributed by atoms with Crippen molar-refractivity contribution in [3.05, 3.63) is 39.9 Å². The van der Waals surface area contributed by atoms with Gasteiger partial charge < -0.3 is 20.3 Å². The van der Waals surface area contributed by atoms with Crippen LogP contribution in [0.2, 0.25) is 0 Å². The molecule has 2 aromatic rings. The number of nitrogens with zero attached hydrogens (tertiary/aromatic N) is 2. The summed E-state index contributed by atoms with van der Waals surface area (Å²) in [6.07, 6.45) is 3.79. The summed E-state index contributed by atoms with van der Waals surface area (Å²) < 4.78 is 16.8. The molecule has 1 atom stereocenters. The summed E-state index contributed by atoms with van der Waals surface area (Å²) in [5.74, 6) is -1.76. The van der Waals surface area contributed by atoms with Gasteiger partial charge in [-0.25, -0.2) is 9.18 Å². The third-order valence-electron chi connectivity index (χ3n) is 4.85. The van der Waals surface area contributed by atoms with Crippen LogP contribution in [0.15, 0.2) is 23.1 Å². The highest BCUT2D eigenvalue weighted by atomic mass is 19.1. The van der Waals surface area contributed by atoms with Gasteiger partial charge in [0.2, 0.25) is 5.43 Å². The Balaban J connectivity index is 1.97. The Hall–Kier alpha value is -2.41. The van der Waals surface area contributed by atoms with E-state index >= 15 is 4.39 Å². The lowest BCUT2D eigenvalue weighted by molar-refractivity contribution is 0.0695. The number of aromatic nitrogens is 1. The fourth-order valence-corrected chi connectivity index (χ4v) is 3.44. The highest BCUT2D eigenvalue weighted by Crippen LogP contribution is 2.39. The van der Waals surface area contributed by atoms with E-state index in [4.69, 9.17) is 5.73 Å². The van der Waals surface area contributed by atoms with Gasteiger partial charge in [-0.05, 0) is 31.4 Å². The van der Waals surface area contributed by atoms with Crippen molar-refractivity contribution in [2.45, 2.75) is 31.3 Å². The topological polar surface area (TPSA) is 88.6 Å². The molecule has 1 unspecified atom stereocenters. The first-order valence-corrected chi connectivity index (χ1v) is 8.08. The number of carboxylic acids is 1. The molecule has 0 bridgehead atoms. The van der Waals surface area contributed by atoms with Crippen LogP contribution in [0.5, 0.6) is 0 Å². The maximum absolute atomic E-state index is 15.2. The van der Waals surface area contributed by atoms with Gasteiger partial charge in [0, 0.05) is 36.8 Å². The minimum atomic E-state index is -1.29. The Bertz CT molecular complexity index is 904. The quantitative estimate of drug-likeness (QED) is 0.894. The number of carbonyl (C=O) groups is 1. The first kappa shape index (κ1) is 15.1. The molecule has 4 rings (SSSR count). The molecule has 0 amide bonds. The van der Waals surface area contributed by atoms with Crippen LogP contribution in [0.3, 0.4) is 0 Å². The van der Waals surface area contributed by atoms with Crippen LogP contribution in [0, 0.1) is 5.82 Å². The maximum atomic E-state index is 15.2. The molecular formula is C17H18FN3O3. The predicted molar refractivity (Wildman–Crippen MR) is 88.2 cm³/mol. The van der Waals surface area contributed by atoms with Crippen molar-refractivity contribution < 1.29 is 14.3 Å². The van der Waals surface area contributed by atoms with Crippen LogP contribution in [0.1, 0.15) is 35.7 Å². The summed E-state index contributed by atoms with van der Waals surface area (Å²) >= 11 is 0. The number of halogens is 1. The second-order valence-electron chi connectivity index (χ2n) is 6.61. The van der Waals surface area contributed by atoms with Crippen molar-refractivity contribution in [3.63, 3.8) is 0 Å². The van der Waals surface area contributed by atoms with Gasteiger partial charge in [0.05, 0.1) is 11.2 Å². The van der Waals surface area contributed by atoms with Crippen molar-refractivity contribution in [1.82, 2.24) is 4.57 Å². The van der Waals surface area contributed by atoms with E-state index in [0.717, 1.165) is 19.3 Å². The van der Waals surface area contributed by atoms with Gasteiger partial charge in [0.1, 0.15) is 5.56 Å². The van der Waals surface area contributed by atoms with Crippen LogP contribution < -0.4 is 16.1 Å². The van der Waals surface area contributed by atoms with Crippen molar-refractivity contribution in [2.24, 2.45) is 5.73 Å². The number of aromatic carboxylic acids is 1. The molecule has 1 saturated carbocycles. The zero-order valence-electron chi connectivity index (χ0n) is 13.0. The van der Waals surface area contributed by atoms with Crippen LogP contribution >= 0.6 is 0 Å². The molecule has 0 radical (unpaired) electrons. The fourth-order valence-electron chi connectivity index (χ4n) is 3.44. The maximum Gasteiger partial charge on any atom is 0.341 e. The molecule has 6 nitrogen and oxygen atoms in total. The van der Waals surface area contributed by atoms with E-state index in [1.807, 2.05) is 4.90 Å². The summed E-state index contributed by atoms with van der Waals surface area (Å²) in [5.41, 5.74) is 5.57. The number of fused-ring (bicyclic) bond motifs is 1. The number of hydrogen-bond acceptors (Lipinski definition) is 4. The molecule has 24 heavy (non-hydrogen) atoms. The molecule has 126 valence electrons. The summed E-state index contributed by atoms with van der Waals surface area (Å²) in [6.45, 7) is 1.24. The van der Waals surface area contributed by atoms with Gasteiger partial charge in [-0.3, -0.25) is 4.79 Å². The SMILES string of the molecule is NC1CCN(c2ccc3c(=O)c(C(=O)O)cn(C4CC4)c3c2F)C1. The largest absolute Gasteiger partial charge is 0.477 e. The van der Waals surface area contributed by atoms with Crippen LogP contribution in [-0.4, -0.2) is 34.8 Å². The smallest absolute Gasteiger partial charge is 0.341 e. The third-order valence-corrected chi connectivity index (χ3v) is 4.85. The first-order chi connectivity index (χ1) is 11.5. The van der Waals surface area contributed by atoms with Crippen molar-refractivity contribution in [1.29, 1.82) is 0 Å². The minimum Gasteiger partial charge on any atom is -0.477 e.